The number of carbonyl (C=O) groups is 1. The minimum absolute atomic E-state index is 0.245. The van der Waals surface area contributed by atoms with Crippen molar-refractivity contribution in [2.75, 3.05) is 56.5 Å². The van der Waals surface area contributed by atoms with Crippen LogP contribution in [0.4, 0.5) is 5.69 Å². The van der Waals surface area contributed by atoms with E-state index in [0.29, 0.717) is 17.3 Å². The third-order valence-corrected chi connectivity index (χ3v) is 5.42. The van der Waals surface area contributed by atoms with Crippen molar-refractivity contribution in [2.24, 2.45) is 0 Å². The van der Waals surface area contributed by atoms with Crippen LogP contribution in [-0.2, 0) is 19.6 Å². The number of benzene rings is 1. The number of amides is 1. The van der Waals surface area contributed by atoms with Crippen molar-refractivity contribution in [1.82, 2.24) is 5.32 Å². The van der Waals surface area contributed by atoms with Crippen LogP contribution in [0.5, 0.6) is 0 Å². The Balaban J connectivity index is 1.82. The van der Waals surface area contributed by atoms with Gasteiger partial charge in [-0.1, -0.05) is 11.6 Å². The molecule has 1 aromatic carbocycles. The van der Waals surface area contributed by atoms with Gasteiger partial charge < -0.3 is 15.0 Å². The van der Waals surface area contributed by atoms with Gasteiger partial charge in [0.15, 0.2) is 0 Å². The second-order valence-corrected chi connectivity index (χ2v) is 8.41. The lowest BCUT2D eigenvalue weighted by atomic mass is 10.3. The largest absolute Gasteiger partial charge is 0.370 e. The summed E-state index contributed by atoms with van der Waals surface area (Å²) in [6.07, 6.45) is 1.93. The lowest BCUT2D eigenvalue weighted by Crippen LogP contribution is -3.14. The summed E-state index contributed by atoms with van der Waals surface area (Å²) in [6.45, 7) is 4.81. The molecule has 25 heavy (non-hydrogen) atoms. The third-order valence-electron chi connectivity index (χ3n) is 4.03. The molecular formula is C16H25ClN3O4S+. The van der Waals surface area contributed by atoms with Gasteiger partial charge in [-0.2, -0.15) is 0 Å². The number of quaternary nitrogens is 1. The van der Waals surface area contributed by atoms with Crippen LogP contribution in [0.15, 0.2) is 24.3 Å². The van der Waals surface area contributed by atoms with Crippen LogP contribution in [0.2, 0.25) is 5.02 Å². The summed E-state index contributed by atoms with van der Waals surface area (Å²) in [5, 5.41) is 3.30. The summed E-state index contributed by atoms with van der Waals surface area (Å²) in [5.74, 6) is -0.322. The molecule has 1 aliphatic rings. The number of rotatable bonds is 8. The van der Waals surface area contributed by atoms with E-state index in [1.807, 2.05) is 0 Å². The van der Waals surface area contributed by atoms with E-state index in [1.165, 1.54) is 4.90 Å². The molecule has 7 nitrogen and oxygen atoms in total. The summed E-state index contributed by atoms with van der Waals surface area (Å²) < 4.78 is 30.4. The lowest BCUT2D eigenvalue weighted by Gasteiger charge is -2.24. The molecule has 0 radical (unpaired) electrons. The van der Waals surface area contributed by atoms with Crippen molar-refractivity contribution < 1.29 is 22.8 Å². The Morgan fingerprint density at radius 3 is 2.52 bits per heavy atom. The van der Waals surface area contributed by atoms with Crippen molar-refractivity contribution in [2.45, 2.75) is 6.42 Å². The maximum absolute atomic E-state index is 12.1. The minimum Gasteiger partial charge on any atom is -0.370 e. The highest BCUT2D eigenvalue weighted by atomic mass is 35.5. The molecule has 140 valence electrons. The molecule has 1 amide bonds. The SMILES string of the molecule is CS(=O)(=O)N(CC(=O)NCCC[NH+]1CCOCC1)c1ccc(Cl)cc1. The second kappa shape index (κ2) is 9.38. The van der Waals surface area contributed by atoms with Gasteiger partial charge in [0.1, 0.15) is 19.6 Å². The quantitative estimate of drug-likeness (QED) is 0.588. The zero-order valence-electron chi connectivity index (χ0n) is 14.3. The van der Waals surface area contributed by atoms with Gasteiger partial charge in [-0.3, -0.25) is 9.10 Å². The van der Waals surface area contributed by atoms with Crippen molar-refractivity contribution in [3.05, 3.63) is 29.3 Å². The van der Waals surface area contributed by atoms with Gasteiger partial charge in [-0.25, -0.2) is 8.42 Å². The van der Waals surface area contributed by atoms with Gasteiger partial charge in [0, 0.05) is 18.0 Å². The van der Waals surface area contributed by atoms with Gasteiger partial charge in [0.05, 0.1) is 31.7 Å². The number of morpholine rings is 1. The highest BCUT2D eigenvalue weighted by Gasteiger charge is 2.20. The van der Waals surface area contributed by atoms with Gasteiger partial charge >= 0.3 is 0 Å². The number of sulfonamides is 1. The molecule has 0 spiro atoms. The average molecular weight is 391 g/mol. The first-order chi connectivity index (χ1) is 11.9. The van der Waals surface area contributed by atoms with Gasteiger partial charge in [0.2, 0.25) is 15.9 Å². The Hall–Kier alpha value is -1.35. The van der Waals surface area contributed by atoms with Crippen molar-refractivity contribution in [1.29, 1.82) is 0 Å². The Labute approximate surface area is 153 Å². The van der Waals surface area contributed by atoms with E-state index in [0.717, 1.165) is 49.8 Å². The van der Waals surface area contributed by atoms with Crippen LogP contribution in [-0.4, -0.2) is 66.5 Å². The molecule has 2 rings (SSSR count). The summed E-state index contributed by atoms with van der Waals surface area (Å²) in [6, 6.07) is 6.35. The zero-order valence-corrected chi connectivity index (χ0v) is 15.9. The maximum atomic E-state index is 12.1. The molecule has 1 saturated heterocycles. The fraction of sp³-hybridized carbons (Fsp3) is 0.562. The van der Waals surface area contributed by atoms with Crippen molar-refractivity contribution in [3.63, 3.8) is 0 Å². The summed E-state index contributed by atoms with van der Waals surface area (Å²) in [5.41, 5.74) is 0.416. The Morgan fingerprint density at radius 1 is 1.28 bits per heavy atom. The lowest BCUT2D eigenvalue weighted by molar-refractivity contribution is -0.908. The zero-order chi connectivity index (χ0) is 18.3. The van der Waals surface area contributed by atoms with E-state index in [2.05, 4.69) is 5.32 Å². The number of halogens is 1. The van der Waals surface area contributed by atoms with Crippen molar-refractivity contribution >= 4 is 33.2 Å². The van der Waals surface area contributed by atoms with E-state index >= 15 is 0 Å². The average Bonchev–Trinajstić information content (AvgIpc) is 2.57. The molecule has 0 saturated carbocycles. The fourth-order valence-corrected chi connectivity index (χ4v) is 3.65. The first-order valence-electron chi connectivity index (χ1n) is 8.27. The van der Waals surface area contributed by atoms with Crippen LogP contribution in [0, 0.1) is 0 Å². The number of hydrogen-bond acceptors (Lipinski definition) is 4. The van der Waals surface area contributed by atoms with Crippen molar-refractivity contribution in [3.8, 4) is 0 Å². The standard InChI is InChI=1S/C16H24ClN3O4S/c1-25(22,23)20(15-5-3-14(17)4-6-15)13-16(21)18-7-2-8-19-9-11-24-12-10-19/h3-6H,2,7-13H2,1H3,(H,18,21)/p+1. The number of hydrogen-bond donors (Lipinski definition) is 2. The van der Waals surface area contributed by atoms with E-state index in [9.17, 15) is 13.2 Å². The molecule has 1 aromatic rings. The van der Waals surface area contributed by atoms with Crippen LogP contribution < -0.4 is 14.5 Å². The van der Waals surface area contributed by atoms with E-state index in [-0.39, 0.29) is 12.5 Å². The molecule has 0 unspecified atom stereocenters. The molecule has 1 fully saturated rings. The molecule has 0 aromatic heterocycles. The highest BCUT2D eigenvalue weighted by Crippen LogP contribution is 2.20. The topological polar surface area (TPSA) is 80.2 Å². The Kier molecular flexibility index (Phi) is 7.49. The molecule has 0 atom stereocenters. The smallest absolute Gasteiger partial charge is 0.240 e. The molecular weight excluding hydrogens is 366 g/mol. The van der Waals surface area contributed by atoms with E-state index < -0.39 is 10.0 Å². The first kappa shape index (κ1) is 20.0. The maximum Gasteiger partial charge on any atom is 0.240 e. The predicted molar refractivity (Wildman–Crippen MR) is 97.7 cm³/mol. The molecule has 1 heterocycles. The third kappa shape index (κ3) is 6.81. The van der Waals surface area contributed by atoms with Gasteiger partial charge in [-0.15, -0.1) is 0 Å². The molecule has 2 N–H and O–H groups in total. The molecule has 9 heteroatoms. The minimum atomic E-state index is -3.56. The van der Waals surface area contributed by atoms with Gasteiger partial charge in [-0.05, 0) is 24.3 Å². The number of carbonyl (C=O) groups excluding carboxylic acids is 1. The fourth-order valence-electron chi connectivity index (χ4n) is 2.67. The Bertz CT molecular complexity index is 660. The highest BCUT2D eigenvalue weighted by molar-refractivity contribution is 7.92. The first-order valence-corrected chi connectivity index (χ1v) is 10.5. The number of nitrogens with one attached hydrogen (secondary N) is 2. The van der Waals surface area contributed by atoms with Crippen LogP contribution in [0.3, 0.4) is 0 Å². The van der Waals surface area contributed by atoms with E-state index in [4.69, 9.17) is 16.3 Å². The van der Waals surface area contributed by atoms with Gasteiger partial charge in [0.25, 0.3) is 0 Å². The van der Waals surface area contributed by atoms with Crippen LogP contribution >= 0.6 is 11.6 Å². The number of ether oxygens (including phenoxy) is 1. The van der Waals surface area contributed by atoms with E-state index in [1.54, 1.807) is 24.3 Å². The molecule has 0 aliphatic carbocycles. The van der Waals surface area contributed by atoms with Crippen LogP contribution in [0.1, 0.15) is 6.42 Å². The summed E-state index contributed by atoms with van der Waals surface area (Å²) in [4.78, 5) is 13.6. The second-order valence-electron chi connectivity index (χ2n) is 6.06. The summed E-state index contributed by atoms with van der Waals surface area (Å²) in [7, 11) is -3.56. The number of nitrogens with zero attached hydrogens (tertiary/aromatic N) is 1. The number of anilines is 1. The van der Waals surface area contributed by atoms with Crippen LogP contribution in [0.25, 0.3) is 0 Å². The normalized spacial score (nSPS) is 15.8. The molecule has 1 aliphatic heterocycles. The Morgan fingerprint density at radius 2 is 1.92 bits per heavy atom. The predicted octanol–water partition coefficient (Wildman–Crippen LogP) is -0.473. The summed E-state index contributed by atoms with van der Waals surface area (Å²) >= 11 is 5.83. The monoisotopic (exact) mass is 390 g/mol. The molecule has 0 bridgehead atoms.